The Morgan fingerprint density at radius 1 is 1.20 bits per heavy atom. The van der Waals surface area contributed by atoms with E-state index in [1.807, 2.05) is 25.1 Å². The summed E-state index contributed by atoms with van der Waals surface area (Å²) in [4.78, 5) is 10.4. The Morgan fingerprint density at radius 2 is 1.85 bits per heavy atom. The van der Waals surface area contributed by atoms with E-state index >= 15 is 0 Å². The zero-order chi connectivity index (χ0) is 14.7. The summed E-state index contributed by atoms with van der Waals surface area (Å²) in [6.45, 7) is 1.85. The van der Waals surface area contributed by atoms with E-state index in [2.05, 4.69) is 15.9 Å². The van der Waals surface area contributed by atoms with Crippen LogP contribution in [0.15, 0.2) is 46.9 Å². The molecule has 0 aromatic heterocycles. The number of nitrogens with zero attached hydrogens (tertiary/aromatic N) is 1. The number of hydrogen-bond donors (Lipinski definition) is 1. The summed E-state index contributed by atoms with van der Waals surface area (Å²) in [5.41, 5.74) is 6.68. The molecule has 2 N–H and O–H groups in total. The van der Waals surface area contributed by atoms with E-state index in [9.17, 15) is 10.1 Å². The zero-order valence-electron chi connectivity index (χ0n) is 10.7. The number of halogens is 1. The number of nitro benzene ring substituents is 1. The fraction of sp³-hybridized carbons (Fsp3) is 0.143. The number of para-hydroxylation sites is 1. The van der Waals surface area contributed by atoms with Crippen LogP contribution in [0.5, 0.6) is 11.5 Å². The van der Waals surface area contributed by atoms with Crippen molar-refractivity contribution in [3.63, 3.8) is 0 Å². The van der Waals surface area contributed by atoms with Crippen LogP contribution < -0.4 is 10.5 Å². The van der Waals surface area contributed by atoms with Gasteiger partial charge in [-0.25, -0.2) is 0 Å². The normalized spacial score (nSPS) is 11.9. The minimum absolute atomic E-state index is 0.0409. The van der Waals surface area contributed by atoms with Crippen molar-refractivity contribution in [2.24, 2.45) is 5.73 Å². The highest BCUT2D eigenvalue weighted by atomic mass is 79.9. The second-order valence-corrected chi connectivity index (χ2v) is 5.07. The van der Waals surface area contributed by atoms with Crippen LogP contribution >= 0.6 is 15.9 Å². The topological polar surface area (TPSA) is 78.4 Å². The molecule has 0 heterocycles. The third-order valence-corrected chi connectivity index (χ3v) is 3.57. The molecule has 0 saturated heterocycles. The Hall–Kier alpha value is -1.92. The highest BCUT2D eigenvalue weighted by Gasteiger charge is 2.17. The molecule has 0 aliphatic rings. The summed E-state index contributed by atoms with van der Waals surface area (Å²) in [5, 5.41) is 10.9. The number of benzene rings is 2. The van der Waals surface area contributed by atoms with Crippen LogP contribution in [0.1, 0.15) is 18.5 Å². The van der Waals surface area contributed by atoms with Gasteiger partial charge in [0.15, 0.2) is 0 Å². The van der Waals surface area contributed by atoms with Crippen LogP contribution in [-0.2, 0) is 0 Å². The lowest BCUT2D eigenvalue weighted by atomic mass is 10.1. The van der Waals surface area contributed by atoms with Crippen molar-refractivity contribution >= 4 is 21.6 Å². The maximum Gasteiger partial charge on any atom is 0.287 e. The molecular weight excluding hydrogens is 324 g/mol. The maximum absolute atomic E-state index is 10.9. The van der Waals surface area contributed by atoms with Crippen LogP contribution in [0.4, 0.5) is 5.69 Å². The van der Waals surface area contributed by atoms with Crippen LogP contribution in [0.25, 0.3) is 0 Å². The van der Waals surface area contributed by atoms with Crippen molar-refractivity contribution in [3.8, 4) is 11.5 Å². The number of nitro groups is 1. The Kier molecular flexibility index (Phi) is 4.36. The fourth-order valence-electron chi connectivity index (χ4n) is 1.79. The molecular formula is C14H13BrN2O3. The Labute approximate surface area is 124 Å². The molecule has 20 heavy (non-hydrogen) atoms. The molecule has 104 valence electrons. The first-order valence-electron chi connectivity index (χ1n) is 5.96. The van der Waals surface area contributed by atoms with Crippen LogP contribution in [0, 0.1) is 10.1 Å². The molecule has 0 aliphatic heterocycles. The maximum atomic E-state index is 10.9. The van der Waals surface area contributed by atoms with Crippen molar-refractivity contribution in [1.82, 2.24) is 0 Å². The van der Waals surface area contributed by atoms with Gasteiger partial charge in [-0.05, 0) is 35.0 Å². The predicted octanol–water partition coefficient (Wildman–Crippen LogP) is 4.17. The van der Waals surface area contributed by atoms with Crippen molar-refractivity contribution in [3.05, 3.63) is 62.6 Å². The number of ether oxygens (including phenoxy) is 1. The summed E-state index contributed by atoms with van der Waals surface area (Å²) >= 11 is 3.20. The first kappa shape index (κ1) is 14.5. The molecule has 0 fully saturated rings. The van der Waals surface area contributed by atoms with Crippen LogP contribution in [0.3, 0.4) is 0 Å². The van der Waals surface area contributed by atoms with Crippen LogP contribution in [-0.4, -0.2) is 4.92 Å². The van der Waals surface area contributed by atoms with Gasteiger partial charge in [-0.1, -0.05) is 24.3 Å². The largest absolute Gasteiger partial charge is 0.456 e. The zero-order valence-corrected chi connectivity index (χ0v) is 12.3. The van der Waals surface area contributed by atoms with Gasteiger partial charge in [0.1, 0.15) is 16.0 Å². The first-order valence-corrected chi connectivity index (χ1v) is 6.75. The van der Waals surface area contributed by atoms with E-state index in [1.54, 1.807) is 18.2 Å². The molecule has 6 heteroatoms. The monoisotopic (exact) mass is 336 g/mol. The van der Waals surface area contributed by atoms with Gasteiger partial charge in [0.25, 0.3) is 5.69 Å². The van der Waals surface area contributed by atoms with Crippen molar-refractivity contribution in [2.75, 3.05) is 0 Å². The minimum Gasteiger partial charge on any atom is -0.456 e. The van der Waals surface area contributed by atoms with Gasteiger partial charge in [-0.2, -0.15) is 0 Å². The first-order chi connectivity index (χ1) is 9.50. The Balaban J connectivity index is 2.41. The van der Waals surface area contributed by atoms with Gasteiger partial charge in [0, 0.05) is 17.7 Å². The van der Waals surface area contributed by atoms with E-state index in [0.29, 0.717) is 16.0 Å². The van der Waals surface area contributed by atoms with Gasteiger partial charge >= 0.3 is 0 Å². The average molecular weight is 337 g/mol. The Bertz CT molecular complexity index is 644. The van der Waals surface area contributed by atoms with Crippen molar-refractivity contribution < 1.29 is 9.66 Å². The van der Waals surface area contributed by atoms with Gasteiger partial charge < -0.3 is 10.5 Å². The molecule has 1 unspecified atom stereocenters. The van der Waals surface area contributed by atoms with E-state index in [4.69, 9.17) is 10.5 Å². The molecule has 1 atom stereocenters. The molecule has 0 spiro atoms. The van der Waals surface area contributed by atoms with Gasteiger partial charge in [0.2, 0.25) is 0 Å². The molecule has 0 saturated carbocycles. The van der Waals surface area contributed by atoms with E-state index in [-0.39, 0.29) is 11.7 Å². The molecule has 0 amide bonds. The molecule has 0 radical (unpaired) electrons. The molecule has 0 aliphatic carbocycles. The summed E-state index contributed by atoms with van der Waals surface area (Å²) in [5.74, 6) is 0.969. The van der Waals surface area contributed by atoms with Crippen LogP contribution in [0.2, 0.25) is 0 Å². The smallest absolute Gasteiger partial charge is 0.287 e. The van der Waals surface area contributed by atoms with E-state index in [1.165, 1.54) is 6.07 Å². The number of hydrogen-bond acceptors (Lipinski definition) is 4. The van der Waals surface area contributed by atoms with E-state index in [0.717, 1.165) is 5.56 Å². The lowest BCUT2D eigenvalue weighted by Gasteiger charge is -2.14. The number of nitrogens with two attached hydrogens (primary N) is 1. The summed E-state index contributed by atoms with van der Waals surface area (Å²) < 4.78 is 6.07. The standard InChI is InChI=1S/C14H13BrN2O3/c1-9(16)10-5-2-3-7-12(10)20-13-8-4-6-11(14(13)15)17(18)19/h2-9H,16H2,1H3. The second kappa shape index (κ2) is 6.02. The molecule has 0 bridgehead atoms. The van der Waals surface area contributed by atoms with E-state index < -0.39 is 4.92 Å². The van der Waals surface area contributed by atoms with Gasteiger partial charge in [-0.3, -0.25) is 10.1 Å². The lowest BCUT2D eigenvalue weighted by Crippen LogP contribution is -2.06. The number of rotatable bonds is 4. The summed E-state index contributed by atoms with van der Waals surface area (Å²) in [7, 11) is 0. The molecule has 2 rings (SSSR count). The van der Waals surface area contributed by atoms with Crippen molar-refractivity contribution in [2.45, 2.75) is 13.0 Å². The molecule has 2 aromatic rings. The Morgan fingerprint density at radius 3 is 2.50 bits per heavy atom. The summed E-state index contributed by atoms with van der Waals surface area (Å²) in [6.07, 6.45) is 0. The fourth-order valence-corrected chi connectivity index (χ4v) is 2.28. The highest BCUT2D eigenvalue weighted by Crippen LogP contribution is 2.37. The minimum atomic E-state index is -0.464. The SMILES string of the molecule is CC(N)c1ccccc1Oc1cccc([N+](=O)[O-])c1Br. The van der Waals surface area contributed by atoms with Gasteiger partial charge in [0.05, 0.1) is 4.92 Å². The highest BCUT2D eigenvalue weighted by molar-refractivity contribution is 9.10. The second-order valence-electron chi connectivity index (χ2n) is 4.27. The molecule has 5 nitrogen and oxygen atoms in total. The summed E-state index contributed by atoms with van der Waals surface area (Å²) in [6, 6.07) is 11.8. The quantitative estimate of drug-likeness (QED) is 0.671. The molecule has 2 aromatic carbocycles. The average Bonchev–Trinajstić information content (AvgIpc) is 2.41. The predicted molar refractivity (Wildman–Crippen MR) is 79.9 cm³/mol. The van der Waals surface area contributed by atoms with Crippen molar-refractivity contribution in [1.29, 1.82) is 0 Å². The third-order valence-electron chi connectivity index (χ3n) is 2.77. The lowest BCUT2D eigenvalue weighted by molar-refractivity contribution is -0.385. The third kappa shape index (κ3) is 2.97. The van der Waals surface area contributed by atoms with Gasteiger partial charge in [-0.15, -0.1) is 0 Å².